The van der Waals surface area contributed by atoms with Crippen LogP contribution in [0, 0.1) is 10.7 Å². The van der Waals surface area contributed by atoms with Crippen molar-refractivity contribution >= 4 is 0 Å². The van der Waals surface area contributed by atoms with Crippen molar-refractivity contribution < 1.29 is 4.86 Å². The second-order valence-electron chi connectivity index (χ2n) is 1.44. The van der Waals surface area contributed by atoms with Crippen LogP contribution in [0.2, 0.25) is 0 Å². The number of nitrogens with one attached hydrogen (secondary N) is 2. The summed E-state index contributed by atoms with van der Waals surface area (Å²) in [5, 5.41) is 11.4. The molecule has 0 aromatic heterocycles. The average Bonchev–Trinajstić information content (AvgIpc) is 1.65. The minimum Gasteiger partial charge on any atom is -0.599 e. The van der Waals surface area contributed by atoms with Gasteiger partial charge in [0.25, 0.3) is 0 Å². The van der Waals surface area contributed by atoms with Crippen molar-refractivity contribution in [3.8, 4) is 0 Å². The monoisotopic (exact) mass is 118 g/mol. The lowest BCUT2D eigenvalue weighted by Crippen LogP contribution is -2.34. The molecule has 5 heteroatoms. The molecule has 0 aliphatic rings. The number of hydrazine groups is 1. The second kappa shape index (κ2) is 3.34. The van der Waals surface area contributed by atoms with Crippen LogP contribution in [0.1, 0.15) is 0 Å². The summed E-state index contributed by atoms with van der Waals surface area (Å²) in [6.07, 6.45) is 0. The van der Waals surface area contributed by atoms with Crippen molar-refractivity contribution in [3.63, 3.8) is 0 Å². The molecule has 0 saturated carbocycles. The third kappa shape index (κ3) is 3.51. The summed E-state index contributed by atoms with van der Waals surface area (Å²) in [7, 11) is 3.36. The minimum absolute atomic E-state index is 0.0521. The molecule has 0 rings (SSSR count). The van der Waals surface area contributed by atoms with Gasteiger partial charge in [0.05, 0.1) is 0 Å². The summed E-state index contributed by atoms with van der Waals surface area (Å²) < 4.78 is 0. The Labute approximate surface area is 47.9 Å². The van der Waals surface area contributed by atoms with Crippen LogP contribution in [0.3, 0.4) is 0 Å². The molecular formula is C3H10N4O. The molecule has 0 aromatic carbocycles. The van der Waals surface area contributed by atoms with Gasteiger partial charge in [0.15, 0.2) is 0 Å². The average molecular weight is 118 g/mol. The standard InChI is InChI=1S/C3H10N4O/c1-5-6(2)3-7(4)8/h4-5H,3H2,1-2H3. The molecule has 0 unspecified atom stereocenters. The van der Waals surface area contributed by atoms with Gasteiger partial charge in [0.1, 0.15) is 0 Å². The topological polar surface area (TPSA) is 65.2 Å². The summed E-state index contributed by atoms with van der Waals surface area (Å²) in [5.41, 5.74) is 9.08. The van der Waals surface area contributed by atoms with Gasteiger partial charge in [-0.3, -0.25) is 5.43 Å². The van der Waals surface area contributed by atoms with Gasteiger partial charge in [-0.15, -0.1) is 0 Å². The fraction of sp³-hybridized carbons (Fsp3) is 1.00. The van der Waals surface area contributed by atoms with Crippen molar-refractivity contribution in [1.82, 2.24) is 10.4 Å². The lowest BCUT2D eigenvalue weighted by molar-refractivity contribution is -0.573. The first kappa shape index (κ1) is 7.32. The molecular weight excluding hydrogens is 108 g/mol. The number of rotatable bonds is 3. The highest BCUT2D eigenvalue weighted by molar-refractivity contribution is 4.21. The van der Waals surface area contributed by atoms with E-state index in [9.17, 15) is 5.21 Å². The molecule has 48 valence electrons. The zero-order valence-electron chi connectivity index (χ0n) is 5.01. The van der Waals surface area contributed by atoms with Crippen LogP contribution < -0.4 is 5.43 Å². The highest BCUT2D eigenvalue weighted by Gasteiger charge is 1.95. The molecule has 0 saturated heterocycles. The molecule has 0 aliphatic carbocycles. The Kier molecular flexibility index (Phi) is 3.05. The molecule has 0 aliphatic heterocycles. The SMILES string of the molecule is CNN(C)C[N+](=N)[O-]. The van der Waals surface area contributed by atoms with Gasteiger partial charge in [0.2, 0.25) is 6.67 Å². The van der Waals surface area contributed by atoms with Crippen LogP contribution >= 0.6 is 0 Å². The molecule has 0 radical (unpaired) electrons. The van der Waals surface area contributed by atoms with Crippen LogP contribution in [0.25, 0.3) is 0 Å². The molecule has 0 amide bonds. The fourth-order valence-corrected chi connectivity index (χ4v) is 0.263. The van der Waals surface area contributed by atoms with Crippen molar-refractivity contribution in [3.05, 3.63) is 5.21 Å². The van der Waals surface area contributed by atoms with Crippen molar-refractivity contribution in [2.75, 3.05) is 20.8 Å². The molecule has 2 N–H and O–H groups in total. The maximum atomic E-state index is 9.91. The third-order valence-electron chi connectivity index (χ3n) is 0.722. The maximum Gasteiger partial charge on any atom is 0.247 e. The van der Waals surface area contributed by atoms with Crippen LogP contribution in [0.4, 0.5) is 0 Å². The van der Waals surface area contributed by atoms with Crippen LogP contribution in [-0.4, -0.2) is 30.6 Å². The smallest absolute Gasteiger partial charge is 0.247 e. The van der Waals surface area contributed by atoms with Crippen molar-refractivity contribution in [2.45, 2.75) is 0 Å². The maximum absolute atomic E-state index is 9.91. The van der Waals surface area contributed by atoms with E-state index in [0.717, 1.165) is 0 Å². The summed E-state index contributed by atoms with van der Waals surface area (Å²) >= 11 is 0. The molecule has 0 aromatic rings. The summed E-state index contributed by atoms with van der Waals surface area (Å²) in [6.45, 7) is 0.0521. The van der Waals surface area contributed by atoms with Gasteiger partial charge in [0, 0.05) is 7.05 Å². The lowest BCUT2D eigenvalue weighted by atomic mass is 11.0. The third-order valence-corrected chi connectivity index (χ3v) is 0.722. The summed E-state index contributed by atoms with van der Waals surface area (Å²) in [5.74, 6) is 0. The van der Waals surface area contributed by atoms with Gasteiger partial charge >= 0.3 is 0 Å². The van der Waals surface area contributed by atoms with Gasteiger partial charge < -0.3 is 5.21 Å². The Hall–Kier alpha value is -0.680. The van der Waals surface area contributed by atoms with Crippen LogP contribution in [-0.2, 0) is 0 Å². The first-order valence-electron chi connectivity index (χ1n) is 2.21. The number of nitrogens with zero attached hydrogens (tertiary/aromatic N) is 2. The van der Waals surface area contributed by atoms with E-state index in [2.05, 4.69) is 5.43 Å². The highest BCUT2D eigenvalue weighted by atomic mass is 16.5. The normalized spacial score (nSPS) is 9.88. The molecule has 0 fully saturated rings. The molecule has 8 heavy (non-hydrogen) atoms. The predicted molar refractivity (Wildman–Crippen MR) is 28.0 cm³/mol. The number of hydrogen-bond donors (Lipinski definition) is 2. The van der Waals surface area contributed by atoms with E-state index in [1.807, 2.05) is 0 Å². The Balaban J connectivity index is 3.24. The largest absolute Gasteiger partial charge is 0.599 e. The zero-order chi connectivity index (χ0) is 6.57. The van der Waals surface area contributed by atoms with E-state index in [1.54, 1.807) is 14.1 Å². The van der Waals surface area contributed by atoms with E-state index in [1.165, 1.54) is 5.01 Å². The van der Waals surface area contributed by atoms with E-state index in [0.29, 0.717) is 0 Å². The lowest BCUT2D eigenvalue weighted by Gasteiger charge is -2.09. The Morgan fingerprint density at radius 1 is 1.88 bits per heavy atom. The van der Waals surface area contributed by atoms with Gasteiger partial charge in [-0.05, 0) is 12.6 Å². The van der Waals surface area contributed by atoms with E-state index < -0.39 is 0 Å². The van der Waals surface area contributed by atoms with Crippen molar-refractivity contribution in [1.29, 1.82) is 5.53 Å². The predicted octanol–water partition coefficient (Wildman–Crippen LogP) is -0.449. The molecule has 0 atom stereocenters. The van der Waals surface area contributed by atoms with Crippen molar-refractivity contribution in [2.24, 2.45) is 0 Å². The van der Waals surface area contributed by atoms with Crippen LogP contribution in [0.15, 0.2) is 0 Å². The van der Waals surface area contributed by atoms with E-state index in [-0.39, 0.29) is 11.5 Å². The quantitative estimate of drug-likeness (QED) is 0.228. The molecule has 5 nitrogen and oxygen atoms in total. The first-order chi connectivity index (χ1) is 3.66. The number of hydrogen-bond acceptors (Lipinski definition) is 4. The highest BCUT2D eigenvalue weighted by Crippen LogP contribution is 1.71. The van der Waals surface area contributed by atoms with E-state index >= 15 is 0 Å². The Morgan fingerprint density at radius 2 is 2.38 bits per heavy atom. The first-order valence-corrected chi connectivity index (χ1v) is 2.21. The molecule has 0 spiro atoms. The Bertz CT molecular complexity index is 83.4. The Morgan fingerprint density at radius 3 is 2.50 bits per heavy atom. The van der Waals surface area contributed by atoms with Crippen LogP contribution in [0.5, 0.6) is 0 Å². The number of hydroxylamine groups is 1. The van der Waals surface area contributed by atoms with Gasteiger partial charge in [-0.2, -0.15) is 5.01 Å². The van der Waals surface area contributed by atoms with Gasteiger partial charge in [-0.1, -0.05) is 4.86 Å². The fourth-order valence-electron chi connectivity index (χ4n) is 0.263. The molecule has 0 heterocycles. The molecule has 0 bridgehead atoms. The summed E-state index contributed by atoms with van der Waals surface area (Å²) in [6, 6.07) is 0. The van der Waals surface area contributed by atoms with Gasteiger partial charge in [-0.25, -0.2) is 0 Å². The van der Waals surface area contributed by atoms with E-state index in [4.69, 9.17) is 5.53 Å². The minimum atomic E-state index is 0.0521. The second-order valence-corrected chi connectivity index (χ2v) is 1.44. The zero-order valence-corrected chi connectivity index (χ0v) is 5.01. The summed E-state index contributed by atoms with van der Waals surface area (Å²) in [4.78, 5) is 0.0938.